The molecule has 3 nitrogen and oxygen atoms in total. The molecule has 0 amide bonds. The van der Waals surface area contributed by atoms with Crippen LogP contribution in [0.2, 0.25) is 5.15 Å². The van der Waals surface area contributed by atoms with E-state index in [4.69, 9.17) is 11.6 Å². The van der Waals surface area contributed by atoms with E-state index < -0.39 is 0 Å². The van der Waals surface area contributed by atoms with Crippen molar-refractivity contribution in [3.05, 3.63) is 17.0 Å². The van der Waals surface area contributed by atoms with E-state index in [1.165, 1.54) is 19.2 Å². The van der Waals surface area contributed by atoms with Crippen LogP contribution < -0.4 is 5.32 Å². The molecule has 0 radical (unpaired) electrons. The molecular weight excluding hydrogens is 222 g/mol. The summed E-state index contributed by atoms with van der Waals surface area (Å²) in [6.45, 7) is 6.49. The Balaban J connectivity index is 2.16. The fourth-order valence-corrected chi connectivity index (χ4v) is 2.57. The van der Waals surface area contributed by atoms with Gasteiger partial charge in [0.1, 0.15) is 17.3 Å². The summed E-state index contributed by atoms with van der Waals surface area (Å²) in [6, 6.07) is 0.554. The molecule has 0 bridgehead atoms. The van der Waals surface area contributed by atoms with Crippen LogP contribution in [0.4, 0.5) is 5.82 Å². The maximum atomic E-state index is 6.11. The Labute approximate surface area is 102 Å². The minimum absolute atomic E-state index is 0.341. The van der Waals surface area contributed by atoms with Crippen LogP contribution >= 0.6 is 11.6 Å². The van der Waals surface area contributed by atoms with Gasteiger partial charge in [-0.3, -0.25) is 0 Å². The number of rotatable bonds is 3. The lowest BCUT2D eigenvalue weighted by atomic mass is 9.82. The third-order valence-electron chi connectivity index (χ3n) is 3.13. The first-order valence-corrected chi connectivity index (χ1v) is 6.22. The summed E-state index contributed by atoms with van der Waals surface area (Å²) in [4.78, 5) is 8.34. The van der Waals surface area contributed by atoms with E-state index in [2.05, 4.69) is 36.1 Å². The second-order valence-corrected chi connectivity index (χ2v) is 5.36. The molecule has 2 rings (SSSR count). The lowest BCUT2D eigenvalue weighted by Crippen LogP contribution is -2.34. The monoisotopic (exact) mass is 239 g/mol. The van der Waals surface area contributed by atoms with Gasteiger partial charge in [0.15, 0.2) is 0 Å². The van der Waals surface area contributed by atoms with E-state index >= 15 is 0 Å². The van der Waals surface area contributed by atoms with Gasteiger partial charge in [-0.2, -0.15) is 0 Å². The first-order chi connectivity index (χ1) is 7.58. The molecule has 1 saturated carbocycles. The Morgan fingerprint density at radius 1 is 1.38 bits per heavy atom. The van der Waals surface area contributed by atoms with Gasteiger partial charge < -0.3 is 5.32 Å². The third-order valence-corrected chi connectivity index (χ3v) is 3.43. The van der Waals surface area contributed by atoms with Crippen LogP contribution in [-0.4, -0.2) is 16.0 Å². The third kappa shape index (κ3) is 2.29. The molecule has 1 aromatic heterocycles. The van der Waals surface area contributed by atoms with Crippen LogP contribution in [0.5, 0.6) is 0 Å². The molecule has 1 aliphatic carbocycles. The zero-order valence-electron chi connectivity index (χ0n) is 10.00. The molecule has 4 heteroatoms. The highest BCUT2D eigenvalue weighted by atomic mass is 35.5. The maximum Gasteiger partial charge on any atom is 0.138 e. The molecular formula is C12H18ClN3. The van der Waals surface area contributed by atoms with Crippen LogP contribution in [0.15, 0.2) is 6.33 Å². The van der Waals surface area contributed by atoms with E-state index in [1.54, 1.807) is 0 Å². The van der Waals surface area contributed by atoms with Crippen LogP contribution in [0, 0.1) is 5.92 Å². The number of hydrogen-bond donors (Lipinski definition) is 1. The van der Waals surface area contributed by atoms with Crippen LogP contribution in [0.25, 0.3) is 0 Å². The maximum absolute atomic E-state index is 6.11. The Morgan fingerprint density at radius 2 is 2.06 bits per heavy atom. The molecule has 0 unspecified atom stereocenters. The van der Waals surface area contributed by atoms with Gasteiger partial charge in [0, 0.05) is 11.6 Å². The average molecular weight is 240 g/mol. The Hall–Kier alpha value is -0.830. The SMILES string of the molecule is CC1CC(Nc2ncnc(Cl)c2C(C)C)C1. The highest BCUT2D eigenvalue weighted by Crippen LogP contribution is 2.33. The van der Waals surface area contributed by atoms with Crippen molar-refractivity contribution in [1.29, 1.82) is 0 Å². The van der Waals surface area contributed by atoms with Crippen molar-refractivity contribution >= 4 is 17.4 Å². The van der Waals surface area contributed by atoms with Gasteiger partial charge in [-0.25, -0.2) is 9.97 Å². The predicted molar refractivity (Wildman–Crippen MR) is 66.9 cm³/mol. The van der Waals surface area contributed by atoms with Crippen molar-refractivity contribution in [3.8, 4) is 0 Å². The topological polar surface area (TPSA) is 37.8 Å². The van der Waals surface area contributed by atoms with Crippen molar-refractivity contribution in [2.45, 2.75) is 45.6 Å². The summed E-state index contributed by atoms with van der Waals surface area (Å²) in [5.41, 5.74) is 1.03. The first kappa shape index (κ1) is 11.6. The van der Waals surface area contributed by atoms with Gasteiger partial charge in [0.05, 0.1) is 0 Å². The van der Waals surface area contributed by atoms with Crippen LogP contribution in [-0.2, 0) is 0 Å². The van der Waals surface area contributed by atoms with E-state index in [0.29, 0.717) is 17.1 Å². The molecule has 0 aliphatic heterocycles. The first-order valence-electron chi connectivity index (χ1n) is 5.84. The van der Waals surface area contributed by atoms with E-state index in [0.717, 1.165) is 17.3 Å². The molecule has 16 heavy (non-hydrogen) atoms. The van der Waals surface area contributed by atoms with Gasteiger partial charge >= 0.3 is 0 Å². The van der Waals surface area contributed by atoms with Crippen molar-refractivity contribution in [2.24, 2.45) is 5.92 Å². The van der Waals surface area contributed by atoms with Gasteiger partial charge in [-0.05, 0) is 24.7 Å². The second kappa shape index (κ2) is 4.58. The molecule has 0 saturated heterocycles. The van der Waals surface area contributed by atoms with Crippen molar-refractivity contribution < 1.29 is 0 Å². The van der Waals surface area contributed by atoms with Gasteiger partial charge in [-0.15, -0.1) is 0 Å². The standard InChI is InChI=1S/C12H18ClN3/c1-7(2)10-11(13)14-6-15-12(10)16-9-4-8(3)5-9/h6-9H,4-5H2,1-3H3,(H,14,15,16). The van der Waals surface area contributed by atoms with Crippen LogP contribution in [0.3, 0.4) is 0 Å². The largest absolute Gasteiger partial charge is 0.367 e. The number of nitrogens with one attached hydrogen (secondary N) is 1. The highest BCUT2D eigenvalue weighted by Gasteiger charge is 2.26. The van der Waals surface area contributed by atoms with Crippen LogP contribution in [0.1, 0.15) is 45.1 Å². The number of hydrogen-bond acceptors (Lipinski definition) is 3. The lowest BCUT2D eigenvalue weighted by molar-refractivity contribution is 0.308. The Morgan fingerprint density at radius 3 is 2.62 bits per heavy atom. The summed E-state index contributed by atoms with van der Waals surface area (Å²) in [5.74, 6) is 2.08. The van der Waals surface area contributed by atoms with Crippen molar-refractivity contribution in [2.75, 3.05) is 5.32 Å². The van der Waals surface area contributed by atoms with Gasteiger partial charge in [0.2, 0.25) is 0 Å². The molecule has 0 aromatic carbocycles. The fourth-order valence-electron chi connectivity index (χ4n) is 2.21. The van der Waals surface area contributed by atoms with Crippen molar-refractivity contribution in [3.63, 3.8) is 0 Å². The minimum Gasteiger partial charge on any atom is -0.367 e. The zero-order chi connectivity index (χ0) is 11.7. The zero-order valence-corrected chi connectivity index (χ0v) is 10.8. The Bertz CT molecular complexity index is 373. The number of aromatic nitrogens is 2. The molecule has 0 atom stereocenters. The van der Waals surface area contributed by atoms with Gasteiger partial charge in [0.25, 0.3) is 0 Å². The molecule has 0 spiro atoms. The van der Waals surface area contributed by atoms with E-state index in [1.807, 2.05) is 0 Å². The summed E-state index contributed by atoms with van der Waals surface area (Å²) in [6.07, 6.45) is 3.97. The molecule has 1 aromatic rings. The van der Waals surface area contributed by atoms with Gasteiger partial charge in [-0.1, -0.05) is 32.4 Å². The molecule has 1 N–H and O–H groups in total. The summed E-state index contributed by atoms with van der Waals surface area (Å²) < 4.78 is 0. The number of halogens is 1. The smallest absolute Gasteiger partial charge is 0.138 e. The minimum atomic E-state index is 0.341. The van der Waals surface area contributed by atoms with E-state index in [-0.39, 0.29) is 0 Å². The number of anilines is 1. The summed E-state index contributed by atoms with van der Waals surface area (Å²) in [7, 11) is 0. The van der Waals surface area contributed by atoms with Crippen molar-refractivity contribution in [1.82, 2.24) is 9.97 Å². The second-order valence-electron chi connectivity index (χ2n) is 5.00. The molecule has 1 fully saturated rings. The average Bonchev–Trinajstić information content (AvgIpc) is 2.14. The summed E-state index contributed by atoms with van der Waals surface area (Å²) in [5, 5.41) is 4.03. The highest BCUT2D eigenvalue weighted by molar-refractivity contribution is 6.30. The van der Waals surface area contributed by atoms with E-state index in [9.17, 15) is 0 Å². The molecule has 88 valence electrons. The summed E-state index contributed by atoms with van der Waals surface area (Å²) >= 11 is 6.11. The molecule has 1 aliphatic rings. The molecule has 1 heterocycles. The quantitative estimate of drug-likeness (QED) is 0.821. The Kier molecular flexibility index (Phi) is 3.33. The fraction of sp³-hybridized carbons (Fsp3) is 0.667. The lowest BCUT2D eigenvalue weighted by Gasteiger charge is -2.34. The predicted octanol–water partition coefficient (Wildman–Crippen LogP) is 3.46. The normalized spacial score (nSPS) is 24.3. The number of nitrogens with zero attached hydrogens (tertiary/aromatic N) is 2.